The molecule has 0 saturated heterocycles. The maximum Gasteiger partial charge on any atom is 0.255 e. The Hall–Kier alpha value is -3.59. The van der Waals surface area contributed by atoms with E-state index in [1.807, 2.05) is 34.3 Å². The van der Waals surface area contributed by atoms with Crippen LogP contribution in [0.3, 0.4) is 0 Å². The molecule has 1 amide bonds. The highest BCUT2D eigenvalue weighted by Gasteiger charge is 2.28. The smallest absolute Gasteiger partial charge is 0.255 e. The molecule has 0 aliphatic heterocycles. The third kappa shape index (κ3) is 4.06. The Morgan fingerprint density at radius 3 is 2.83 bits per heavy atom. The minimum absolute atomic E-state index is 0.194. The molecule has 1 saturated carbocycles. The van der Waals surface area contributed by atoms with Crippen molar-refractivity contribution in [2.45, 2.75) is 25.5 Å². The van der Waals surface area contributed by atoms with Gasteiger partial charge in [-0.1, -0.05) is 12.1 Å². The van der Waals surface area contributed by atoms with Crippen molar-refractivity contribution in [3.8, 4) is 17.1 Å². The second-order valence-electron chi connectivity index (χ2n) is 7.01. The summed E-state index contributed by atoms with van der Waals surface area (Å²) in [5.41, 5.74) is 4.76. The van der Waals surface area contributed by atoms with Gasteiger partial charge in [0.25, 0.3) is 5.91 Å². The number of anilines is 1. The largest absolute Gasteiger partial charge is 0.487 e. The molecular weight excluding hydrogens is 400 g/mol. The summed E-state index contributed by atoms with van der Waals surface area (Å²) in [5, 5.41) is 16.9. The van der Waals surface area contributed by atoms with E-state index in [1.165, 1.54) is 11.3 Å². The van der Waals surface area contributed by atoms with Gasteiger partial charge in [-0.05, 0) is 59.7 Å². The van der Waals surface area contributed by atoms with E-state index in [0.717, 1.165) is 29.9 Å². The van der Waals surface area contributed by atoms with Crippen LogP contribution in [0.4, 0.5) is 5.69 Å². The van der Waals surface area contributed by atoms with Gasteiger partial charge in [-0.3, -0.25) is 4.79 Å². The lowest BCUT2D eigenvalue weighted by Gasteiger charge is -2.09. The fourth-order valence-electron chi connectivity index (χ4n) is 3.06. The fourth-order valence-corrected chi connectivity index (χ4v) is 3.60. The SMILES string of the molecule is O=C(Nc1cccc(-c2nnnn2C2CC2)c1)c1ccc(OCc2cscn2)cc1. The minimum atomic E-state index is -0.194. The number of nitrogens with one attached hydrogen (secondary N) is 1. The van der Waals surface area contributed by atoms with Gasteiger partial charge in [0.1, 0.15) is 12.4 Å². The number of benzene rings is 2. The van der Waals surface area contributed by atoms with E-state index < -0.39 is 0 Å². The standard InChI is InChI=1S/C21H18N6O2S/c28-21(14-4-8-19(9-5-14)29-11-17-12-30-13-22-17)23-16-3-1-2-15(10-16)20-24-25-26-27(20)18-6-7-18/h1-5,8-10,12-13,18H,6-7,11H2,(H,23,28). The number of carbonyl (C=O) groups is 1. The topological polar surface area (TPSA) is 94.8 Å². The van der Waals surface area contributed by atoms with Crippen LogP contribution >= 0.6 is 11.3 Å². The second kappa shape index (κ2) is 8.03. The van der Waals surface area contributed by atoms with E-state index in [-0.39, 0.29) is 5.91 Å². The molecule has 9 heteroatoms. The maximum atomic E-state index is 12.6. The zero-order chi connectivity index (χ0) is 20.3. The van der Waals surface area contributed by atoms with E-state index in [1.54, 1.807) is 29.8 Å². The number of amides is 1. The van der Waals surface area contributed by atoms with E-state index in [9.17, 15) is 4.79 Å². The van der Waals surface area contributed by atoms with Gasteiger partial charge < -0.3 is 10.1 Å². The molecule has 0 spiro atoms. The summed E-state index contributed by atoms with van der Waals surface area (Å²) in [4.78, 5) is 16.8. The Morgan fingerprint density at radius 1 is 1.20 bits per heavy atom. The molecule has 0 bridgehead atoms. The molecule has 1 aliphatic rings. The van der Waals surface area contributed by atoms with Crippen LogP contribution in [0.2, 0.25) is 0 Å². The molecule has 0 radical (unpaired) electrons. The maximum absolute atomic E-state index is 12.6. The number of rotatable bonds is 7. The number of thiazole rings is 1. The zero-order valence-corrected chi connectivity index (χ0v) is 16.7. The molecule has 2 aromatic carbocycles. The van der Waals surface area contributed by atoms with Gasteiger partial charge in [0.05, 0.1) is 17.2 Å². The Labute approximate surface area is 176 Å². The van der Waals surface area contributed by atoms with E-state index in [2.05, 4.69) is 25.8 Å². The molecule has 1 fully saturated rings. The lowest BCUT2D eigenvalue weighted by Crippen LogP contribution is -2.12. The number of aromatic nitrogens is 5. The van der Waals surface area contributed by atoms with Crippen LogP contribution in [0.15, 0.2) is 59.4 Å². The number of ether oxygens (including phenoxy) is 1. The average molecular weight is 418 g/mol. The van der Waals surface area contributed by atoms with Crippen LogP contribution in [-0.4, -0.2) is 31.1 Å². The lowest BCUT2D eigenvalue weighted by atomic mass is 10.1. The molecular formula is C21H18N6O2S. The summed E-state index contributed by atoms with van der Waals surface area (Å²) in [7, 11) is 0. The van der Waals surface area contributed by atoms with Gasteiger partial charge >= 0.3 is 0 Å². The minimum Gasteiger partial charge on any atom is -0.487 e. The molecule has 150 valence electrons. The highest BCUT2D eigenvalue weighted by Crippen LogP contribution is 2.36. The Kier molecular flexibility index (Phi) is 4.94. The number of tetrazole rings is 1. The number of hydrogen-bond acceptors (Lipinski definition) is 7. The first-order valence-electron chi connectivity index (χ1n) is 9.56. The molecule has 0 unspecified atom stereocenters. The Morgan fingerprint density at radius 2 is 2.07 bits per heavy atom. The fraction of sp³-hybridized carbons (Fsp3) is 0.190. The third-order valence-corrected chi connectivity index (χ3v) is 5.39. The first-order valence-corrected chi connectivity index (χ1v) is 10.5. The van der Waals surface area contributed by atoms with E-state index >= 15 is 0 Å². The van der Waals surface area contributed by atoms with Crippen LogP contribution in [0.25, 0.3) is 11.4 Å². The summed E-state index contributed by atoms with van der Waals surface area (Å²) in [5.74, 6) is 1.21. The van der Waals surface area contributed by atoms with Gasteiger partial charge in [0, 0.05) is 22.2 Å². The highest BCUT2D eigenvalue weighted by atomic mass is 32.1. The van der Waals surface area contributed by atoms with Crippen molar-refractivity contribution in [2.75, 3.05) is 5.32 Å². The third-order valence-electron chi connectivity index (χ3n) is 4.75. The molecule has 1 aliphatic carbocycles. The van der Waals surface area contributed by atoms with Crippen LogP contribution in [0.5, 0.6) is 5.75 Å². The van der Waals surface area contributed by atoms with Crippen molar-refractivity contribution >= 4 is 22.9 Å². The summed E-state index contributed by atoms with van der Waals surface area (Å²) < 4.78 is 7.54. The van der Waals surface area contributed by atoms with Gasteiger partial charge in [-0.25, -0.2) is 9.67 Å². The monoisotopic (exact) mass is 418 g/mol. The van der Waals surface area contributed by atoms with Crippen molar-refractivity contribution in [2.24, 2.45) is 0 Å². The quantitative estimate of drug-likeness (QED) is 0.488. The lowest BCUT2D eigenvalue weighted by molar-refractivity contribution is 0.102. The predicted octanol–water partition coefficient (Wildman–Crippen LogP) is 3.96. The summed E-state index contributed by atoms with van der Waals surface area (Å²) in [6.07, 6.45) is 2.19. The van der Waals surface area contributed by atoms with Crippen LogP contribution in [-0.2, 0) is 6.61 Å². The first kappa shape index (κ1) is 18.4. The van der Waals surface area contributed by atoms with Gasteiger partial charge in [0.2, 0.25) is 0 Å². The highest BCUT2D eigenvalue weighted by molar-refractivity contribution is 7.07. The number of hydrogen-bond donors (Lipinski definition) is 1. The van der Waals surface area contributed by atoms with E-state index in [4.69, 9.17) is 4.74 Å². The van der Waals surface area contributed by atoms with Crippen molar-refractivity contribution in [3.05, 3.63) is 70.7 Å². The first-order chi connectivity index (χ1) is 14.8. The molecule has 2 heterocycles. The second-order valence-corrected chi connectivity index (χ2v) is 7.72. The molecule has 30 heavy (non-hydrogen) atoms. The van der Waals surface area contributed by atoms with Gasteiger partial charge in [-0.15, -0.1) is 16.4 Å². The normalized spacial score (nSPS) is 13.2. The summed E-state index contributed by atoms with van der Waals surface area (Å²) >= 11 is 1.53. The number of nitrogens with zero attached hydrogens (tertiary/aromatic N) is 5. The van der Waals surface area contributed by atoms with Crippen LogP contribution in [0, 0.1) is 0 Å². The van der Waals surface area contributed by atoms with Gasteiger partial charge in [0.15, 0.2) is 5.82 Å². The average Bonchev–Trinajstić information content (AvgIpc) is 3.26. The Balaban J connectivity index is 1.25. The molecule has 4 aromatic rings. The summed E-state index contributed by atoms with van der Waals surface area (Å²) in [6, 6.07) is 15.0. The molecule has 8 nitrogen and oxygen atoms in total. The molecule has 0 atom stereocenters. The van der Waals surface area contributed by atoms with Gasteiger partial charge in [-0.2, -0.15) is 0 Å². The summed E-state index contributed by atoms with van der Waals surface area (Å²) in [6.45, 7) is 0.405. The van der Waals surface area contributed by atoms with Crippen LogP contribution < -0.4 is 10.1 Å². The molecule has 1 N–H and O–H groups in total. The zero-order valence-electron chi connectivity index (χ0n) is 15.9. The van der Waals surface area contributed by atoms with Crippen molar-refractivity contribution in [1.29, 1.82) is 0 Å². The molecule has 5 rings (SSSR count). The number of carbonyl (C=O) groups excluding carboxylic acids is 1. The van der Waals surface area contributed by atoms with Crippen molar-refractivity contribution in [3.63, 3.8) is 0 Å². The van der Waals surface area contributed by atoms with Crippen molar-refractivity contribution in [1.82, 2.24) is 25.2 Å². The molecule has 2 aromatic heterocycles. The van der Waals surface area contributed by atoms with E-state index in [0.29, 0.717) is 29.6 Å². The van der Waals surface area contributed by atoms with Crippen LogP contribution in [0.1, 0.15) is 34.9 Å². The predicted molar refractivity (Wildman–Crippen MR) is 112 cm³/mol. The Bertz CT molecular complexity index is 1150. The van der Waals surface area contributed by atoms with Crippen molar-refractivity contribution < 1.29 is 9.53 Å².